The molecule has 0 fully saturated rings. The standard InChI is InChI=1S/C19H20N2O4/c1-19(2,18(23)21-14-6-4-3-5-7-14)17(22)20-11-13-8-9-15-16(10-13)25-12-24-15/h3-10H,11-12H2,1-2H3,(H,20,22)(H,21,23). The minimum Gasteiger partial charge on any atom is -0.454 e. The van der Waals surface area contributed by atoms with Crippen LogP contribution in [0.5, 0.6) is 11.5 Å². The van der Waals surface area contributed by atoms with Gasteiger partial charge in [0.2, 0.25) is 18.6 Å². The molecule has 0 aromatic heterocycles. The van der Waals surface area contributed by atoms with Crippen LogP contribution in [-0.4, -0.2) is 18.6 Å². The summed E-state index contributed by atoms with van der Waals surface area (Å²) in [7, 11) is 0. The summed E-state index contributed by atoms with van der Waals surface area (Å²) in [5.41, 5.74) is 0.327. The Morgan fingerprint density at radius 2 is 1.72 bits per heavy atom. The molecule has 6 nitrogen and oxygen atoms in total. The van der Waals surface area contributed by atoms with Gasteiger partial charge in [-0.1, -0.05) is 24.3 Å². The van der Waals surface area contributed by atoms with Gasteiger partial charge >= 0.3 is 0 Å². The SMILES string of the molecule is CC(C)(C(=O)NCc1ccc2c(c1)OCO2)C(=O)Nc1ccccc1. The Balaban J connectivity index is 1.60. The molecule has 0 saturated heterocycles. The lowest BCUT2D eigenvalue weighted by atomic mass is 9.90. The van der Waals surface area contributed by atoms with Gasteiger partial charge in [0.25, 0.3) is 0 Å². The third-order valence-electron chi connectivity index (χ3n) is 4.06. The van der Waals surface area contributed by atoms with E-state index in [1.165, 1.54) is 0 Å². The van der Waals surface area contributed by atoms with Crippen LogP contribution >= 0.6 is 0 Å². The highest BCUT2D eigenvalue weighted by Gasteiger charge is 2.36. The second-order valence-corrected chi connectivity index (χ2v) is 6.32. The molecule has 1 aliphatic rings. The third kappa shape index (κ3) is 3.74. The summed E-state index contributed by atoms with van der Waals surface area (Å²) in [5, 5.41) is 5.56. The molecule has 0 spiro atoms. The minimum absolute atomic E-state index is 0.206. The van der Waals surface area contributed by atoms with Crippen LogP contribution in [-0.2, 0) is 16.1 Å². The van der Waals surface area contributed by atoms with Gasteiger partial charge in [-0.25, -0.2) is 0 Å². The predicted octanol–water partition coefficient (Wildman–Crippen LogP) is 2.70. The normalized spacial score (nSPS) is 12.6. The first-order valence-corrected chi connectivity index (χ1v) is 8.00. The van der Waals surface area contributed by atoms with Crippen molar-refractivity contribution in [1.82, 2.24) is 5.32 Å². The van der Waals surface area contributed by atoms with Gasteiger partial charge in [-0.05, 0) is 43.7 Å². The van der Waals surface area contributed by atoms with Crippen molar-refractivity contribution in [2.45, 2.75) is 20.4 Å². The number of para-hydroxylation sites is 1. The average Bonchev–Trinajstić information content (AvgIpc) is 3.08. The number of benzene rings is 2. The van der Waals surface area contributed by atoms with E-state index in [1.54, 1.807) is 32.0 Å². The number of carbonyl (C=O) groups excluding carboxylic acids is 2. The lowest BCUT2D eigenvalue weighted by molar-refractivity contribution is -0.138. The summed E-state index contributed by atoms with van der Waals surface area (Å²) < 4.78 is 10.6. The van der Waals surface area contributed by atoms with Crippen molar-refractivity contribution >= 4 is 17.5 Å². The van der Waals surface area contributed by atoms with Gasteiger partial charge in [-0.2, -0.15) is 0 Å². The van der Waals surface area contributed by atoms with Crippen LogP contribution < -0.4 is 20.1 Å². The third-order valence-corrected chi connectivity index (χ3v) is 4.06. The molecule has 6 heteroatoms. The largest absolute Gasteiger partial charge is 0.454 e. The molecule has 0 radical (unpaired) electrons. The number of nitrogens with one attached hydrogen (secondary N) is 2. The van der Waals surface area contributed by atoms with E-state index in [0.29, 0.717) is 23.7 Å². The molecule has 130 valence electrons. The van der Waals surface area contributed by atoms with Crippen LogP contribution in [0.15, 0.2) is 48.5 Å². The maximum atomic E-state index is 12.5. The Morgan fingerprint density at radius 3 is 2.48 bits per heavy atom. The van der Waals surface area contributed by atoms with Crippen LogP contribution in [0.3, 0.4) is 0 Å². The van der Waals surface area contributed by atoms with E-state index < -0.39 is 5.41 Å². The monoisotopic (exact) mass is 340 g/mol. The molecule has 0 unspecified atom stereocenters. The minimum atomic E-state index is -1.20. The molecule has 2 N–H and O–H groups in total. The number of rotatable bonds is 5. The molecular weight excluding hydrogens is 320 g/mol. The van der Waals surface area contributed by atoms with E-state index in [2.05, 4.69) is 10.6 Å². The number of fused-ring (bicyclic) bond motifs is 1. The summed E-state index contributed by atoms with van der Waals surface area (Å²) in [6, 6.07) is 14.5. The molecule has 1 aliphatic heterocycles. The highest BCUT2D eigenvalue weighted by molar-refractivity contribution is 6.09. The molecular formula is C19H20N2O4. The zero-order chi connectivity index (χ0) is 17.9. The summed E-state index contributed by atoms with van der Waals surface area (Å²) in [6.45, 7) is 3.70. The van der Waals surface area contributed by atoms with Crippen molar-refractivity contribution in [2.24, 2.45) is 5.41 Å². The predicted molar refractivity (Wildman–Crippen MR) is 93.3 cm³/mol. The molecule has 25 heavy (non-hydrogen) atoms. The Labute approximate surface area is 146 Å². The number of hydrogen-bond acceptors (Lipinski definition) is 4. The van der Waals surface area contributed by atoms with E-state index in [-0.39, 0.29) is 18.6 Å². The van der Waals surface area contributed by atoms with Crippen molar-refractivity contribution in [2.75, 3.05) is 12.1 Å². The van der Waals surface area contributed by atoms with Crippen molar-refractivity contribution in [3.8, 4) is 11.5 Å². The Hall–Kier alpha value is -3.02. The molecule has 2 aromatic rings. The molecule has 3 rings (SSSR count). The Morgan fingerprint density at radius 1 is 1.00 bits per heavy atom. The van der Waals surface area contributed by atoms with Crippen LogP contribution in [0.1, 0.15) is 19.4 Å². The molecule has 0 bridgehead atoms. The summed E-state index contributed by atoms with van der Waals surface area (Å²) in [4.78, 5) is 24.9. The zero-order valence-electron chi connectivity index (χ0n) is 14.2. The molecule has 2 amide bonds. The van der Waals surface area contributed by atoms with Crippen LogP contribution in [0.4, 0.5) is 5.69 Å². The topological polar surface area (TPSA) is 76.7 Å². The zero-order valence-corrected chi connectivity index (χ0v) is 14.2. The molecule has 0 atom stereocenters. The maximum absolute atomic E-state index is 12.5. The van der Waals surface area contributed by atoms with Crippen LogP contribution in [0.25, 0.3) is 0 Å². The summed E-state index contributed by atoms with van der Waals surface area (Å²) in [5.74, 6) is 0.644. The maximum Gasteiger partial charge on any atom is 0.239 e. The second-order valence-electron chi connectivity index (χ2n) is 6.32. The fourth-order valence-electron chi connectivity index (χ4n) is 2.37. The van der Waals surface area contributed by atoms with Crippen LogP contribution in [0, 0.1) is 5.41 Å². The van der Waals surface area contributed by atoms with E-state index >= 15 is 0 Å². The quantitative estimate of drug-likeness (QED) is 0.821. The van der Waals surface area contributed by atoms with E-state index in [0.717, 1.165) is 5.56 Å². The van der Waals surface area contributed by atoms with Crippen molar-refractivity contribution in [1.29, 1.82) is 0 Å². The number of hydrogen-bond donors (Lipinski definition) is 2. The Kier molecular flexibility index (Phi) is 4.61. The van der Waals surface area contributed by atoms with Gasteiger partial charge < -0.3 is 20.1 Å². The number of anilines is 1. The van der Waals surface area contributed by atoms with E-state index in [1.807, 2.05) is 30.3 Å². The van der Waals surface area contributed by atoms with Gasteiger partial charge in [-0.15, -0.1) is 0 Å². The first kappa shape index (κ1) is 16.8. The first-order chi connectivity index (χ1) is 12.0. The lowest BCUT2D eigenvalue weighted by Gasteiger charge is -2.22. The highest BCUT2D eigenvalue weighted by atomic mass is 16.7. The highest BCUT2D eigenvalue weighted by Crippen LogP contribution is 2.32. The van der Waals surface area contributed by atoms with E-state index in [4.69, 9.17) is 9.47 Å². The fraction of sp³-hybridized carbons (Fsp3) is 0.263. The molecule has 2 aromatic carbocycles. The second kappa shape index (κ2) is 6.84. The molecule has 0 saturated carbocycles. The van der Waals surface area contributed by atoms with Gasteiger partial charge in [0, 0.05) is 12.2 Å². The van der Waals surface area contributed by atoms with Crippen molar-refractivity contribution in [3.05, 3.63) is 54.1 Å². The van der Waals surface area contributed by atoms with Crippen LogP contribution in [0.2, 0.25) is 0 Å². The number of ether oxygens (including phenoxy) is 2. The smallest absolute Gasteiger partial charge is 0.239 e. The lowest BCUT2D eigenvalue weighted by Crippen LogP contribution is -2.44. The summed E-state index contributed by atoms with van der Waals surface area (Å²) in [6.07, 6.45) is 0. The van der Waals surface area contributed by atoms with Crippen molar-refractivity contribution < 1.29 is 19.1 Å². The molecule has 0 aliphatic carbocycles. The van der Waals surface area contributed by atoms with Crippen molar-refractivity contribution in [3.63, 3.8) is 0 Å². The van der Waals surface area contributed by atoms with E-state index in [9.17, 15) is 9.59 Å². The van der Waals surface area contributed by atoms with Gasteiger partial charge in [-0.3, -0.25) is 9.59 Å². The van der Waals surface area contributed by atoms with Gasteiger partial charge in [0.15, 0.2) is 11.5 Å². The average molecular weight is 340 g/mol. The van der Waals surface area contributed by atoms with Gasteiger partial charge in [0.05, 0.1) is 0 Å². The summed E-state index contributed by atoms with van der Waals surface area (Å²) >= 11 is 0. The molecule has 1 heterocycles. The number of carbonyl (C=O) groups is 2. The number of amides is 2. The Bertz CT molecular complexity index is 787. The fourth-order valence-corrected chi connectivity index (χ4v) is 2.37. The van der Waals surface area contributed by atoms with Gasteiger partial charge in [0.1, 0.15) is 5.41 Å². The first-order valence-electron chi connectivity index (χ1n) is 8.00.